The third-order valence-corrected chi connectivity index (χ3v) is 4.08. The van der Waals surface area contributed by atoms with Crippen molar-refractivity contribution in [1.82, 2.24) is 14.8 Å². The van der Waals surface area contributed by atoms with Gasteiger partial charge in [-0.05, 0) is 24.5 Å². The molecule has 0 radical (unpaired) electrons. The molecule has 2 aromatic rings. The average molecular weight is 308 g/mol. The molecule has 1 N–H and O–H groups in total. The summed E-state index contributed by atoms with van der Waals surface area (Å²) in [6.07, 6.45) is 2.88. The van der Waals surface area contributed by atoms with E-state index in [1.54, 1.807) is 0 Å². The number of hydrogen-bond acceptors (Lipinski definition) is 3. The molecule has 1 atom stereocenters. The SMILES string of the molecule is OC1CCCc2nnc(Cc3ccccc3Br)n21. The zero-order valence-corrected chi connectivity index (χ0v) is 11.5. The molecule has 3 rings (SSSR count). The van der Waals surface area contributed by atoms with Crippen LogP contribution in [-0.4, -0.2) is 19.9 Å². The van der Waals surface area contributed by atoms with Crippen molar-refractivity contribution in [3.05, 3.63) is 46.0 Å². The lowest BCUT2D eigenvalue weighted by Gasteiger charge is -2.21. The van der Waals surface area contributed by atoms with Crippen molar-refractivity contribution in [3.63, 3.8) is 0 Å². The normalized spacial score (nSPS) is 18.7. The molecule has 0 saturated carbocycles. The minimum atomic E-state index is -0.471. The van der Waals surface area contributed by atoms with Crippen LogP contribution in [0.3, 0.4) is 0 Å². The Morgan fingerprint density at radius 2 is 2.17 bits per heavy atom. The lowest BCUT2D eigenvalue weighted by molar-refractivity contribution is 0.0753. The highest BCUT2D eigenvalue weighted by molar-refractivity contribution is 9.10. The molecule has 0 spiro atoms. The number of nitrogens with zero attached hydrogens (tertiary/aromatic N) is 3. The average Bonchev–Trinajstić information content (AvgIpc) is 2.77. The Hall–Kier alpha value is -1.20. The summed E-state index contributed by atoms with van der Waals surface area (Å²) in [6, 6.07) is 8.06. The molecule has 2 heterocycles. The summed E-state index contributed by atoms with van der Waals surface area (Å²) in [5, 5.41) is 18.4. The Morgan fingerprint density at radius 3 is 3.00 bits per heavy atom. The molecular weight excluding hydrogens is 294 g/mol. The smallest absolute Gasteiger partial charge is 0.139 e. The van der Waals surface area contributed by atoms with E-state index in [1.165, 1.54) is 0 Å². The van der Waals surface area contributed by atoms with Crippen LogP contribution < -0.4 is 0 Å². The number of aliphatic hydroxyl groups excluding tert-OH is 1. The Bertz CT molecular complexity index is 567. The Kier molecular flexibility index (Phi) is 3.18. The van der Waals surface area contributed by atoms with Gasteiger partial charge < -0.3 is 5.11 Å². The van der Waals surface area contributed by atoms with E-state index in [4.69, 9.17) is 0 Å². The van der Waals surface area contributed by atoms with Crippen molar-refractivity contribution in [2.45, 2.75) is 31.9 Å². The topological polar surface area (TPSA) is 50.9 Å². The van der Waals surface area contributed by atoms with Crippen molar-refractivity contribution in [1.29, 1.82) is 0 Å². The van der Waals surface area contributed by atoms with Crippen LogP contribution in [0.15, 0.2) is 28.7 Å². The molecule has 1 aliphatic rings. The predicted octanol–water partition coefficient (Wildman–Crippen LogP) is 2.46. The fraction of sp³-hybridized carbons (Fsp3) is 0.385. The van der Waals surface area contributed by atoms with E-state index in [0.29, 0.717) is 6.42 Å². The number of hydrogen-bond donors (Lipinski definition) is 1. The monoisotopic (exact) mass is 307 g/mol. The largest absolute Gasteiger partial charge is 0.373 e. The van der Waals surface area contributed by atoms with Gasteiger partial charge in [-0.2, -0.15) is 0 Å². The van der Waals surface area contributed by atoms with Gasteiger partial charge in [-0.25, -0.2) is 0 Å². The lowest BCUT2D eigenvalue weighted by Crippen LogP contribution is -2.19. The van der Waals surface area contributed by atoms with Crippen LogP contribution in [0.4, 0.5) is 0 Å². The summed E-state index contributed by atoms with van der Waals surface area (Å²) in [6.45, 7) is 0. The van der Waals surface area contributed by atoms with Crippen molar-refractivity contribution < 1.29 is 5.11 Å². The third-order valence-electron chi connectivity index (χ3n) is 3.30. The van der Waals surface area contributed by atoms with Gasteiger partial charge in [-0.15, -0.1) is 10.2 Å². The fourth-order valence-corrected chi connectivity index (χ4v) is 2.80. The maximum Gasteiger partial charge on any atom is 0.139 e. The summed E-state index contributed by atoms with van der Waals surface area (Å²) < 4.78 is 2.94. The van der Waals surface area contributed by atoms with Crippen LogP contribution in [-0.2, 0) is 12.8 Å². The molecule has 5 heteroatoms. The van der Waals surface area contributed by atoms with Crippen molar-refractivity contribution in [2.75, 3.05) is 0 Å². The highest BCUT2D eigenvalue weighted by Crippen LogP contribution is 2.25. The van der Waals surface area contributed by atoms with Crippen molar-refractivity contribution in [3.8, 4) is 0 Å². The minimum absolute atomic E-state index is 0.471. The third kappa shape index (κ3) is 2.08. The second-order valence-electron chi connectivity index (χ2n) is 4.54. The second kappa shape index (κ2) is 4.82. The Balaban J connectivity index is 1.95. The van der Waals surface area contributed by atoms with Gasteiger partial charge in [0.05, 0.1) is 0 Å². The molecule has 94 valence electrons. The fourth-order valence-electron chi connectivity index (χ4n) is 2.38. The molecule has 1 unspecified atom stereocenters. The van der Waals surface area contributed by atoms with Crippen LogP contribution in [0.25, 0.3) is 0 Å². The molecule has 0 aliphatic carbocycles. The van der Waals surface area contributed by atoms with E-state index >= 15 is 0 Å². The van der Waals surface area contributed by atoms with Crippen LogP contribution in [0.1, 0.15) is 36.3 Å². The number of halogens is 1. The summed E-state index contributed by atoms with van der Waals surface area (Å²) in [4.78, 5) is 0. The number of aryl methyl sites for hydroxylation is 1. The van der Waals surface area contributed by atoms with Gasteiger partial charge in [0, 0.05) is 17.3 Å². The zero-order valence-electron chi connectivity index (χ0n) is 9.88. The van der Waals surface area contributed by atoms with Gasteiger partial charge in [0.15, 0.2) is 0 Å². The molecule has 1 aliphatic heterocycles. The summed E-state index contributed by atoms with van der Waals surface area (Å²) in [7, 11) is 0. The Morgan fingerprint density at radius 1 is 1.33 bits per heavy atom. The van der Waals surface area contributed by atoms with Gasteiger partial charge >= 0.3 is 0 Å². The number of rotatable bonds is 2. The lowest BCUT2D eigenvalue weighted by atomic mass is 10.1. The van der Waals surface area contributed by atoms with Crippen LogP contribution >= 0.6 is 15.9 Å². The van der Waals surface area contributed by atoms with E-state index in [2.05, 4.69) is 32.2 Å². The van der Waals surface area contributed by atoms with Crippen LogP contribution in [0.2, 0.25) is 0 Å². The highest BCUT2D eigenvalue weighted by Gasteiger charge is 2.22. The zero-order chi connectivity index (χ0) is 12.5. The highest BCUT2D eigenvalue weighted by atomic mass is 79.9. The first-order valence-corrected chi connectivity index (χ1v) is 6.89. The number of aliphatic hydroxyl groups is 1. The Labute approximate surface area is 114 Å². The van der Waals surface area contributed by atoms with Gasteiger partial charge in [0.2, 0.25) is 0 Å². The van der Waals surface area contributed by atoms with E-state index in [-0.39, 0.29) is 0 Å². The van der Waals surface area contributed by atoms with Crippen LogP contribution in [0.5, 0.6) is 0 Å². The molecular formula is C13H14BrN3O. The first-order chi connectivity index (χ1) is 8.75. The van der Waals surface area contributed by atoms with E-state index in [0.717, 1.165) is 40.9 Å². The standard InChI is InChI=1S/C13H14BrN3O/c14-10-5-2-1-4-9(10)8-12-16-15-11-6-3-7-13(18)17(11)12/h1-2,4-5,13,18H,3,6-8H2. The van der Waals surface area contributed by atoms with Gasteiger partial charge in [0.25, 0.3) is 0 Å². The van der Waals surface area contributed by atoms with E-state index in [1.807, 2.05) is 22.8 Å². The molecule has 1 aromatic heterocycles. The molecule has 18 heavy (non-hydrogen) atoms. The molecule has 0 amide bonds. The molecule has 4 nitrogen and oxygen atoms in total. The number of aromatic nitrogens is 3. The summed E-state index contributed by atoms with van der Waals surface area (Å²) >= 11 is 3.53. The second-order valence-corrected chi connectivity index (χ2v) is 5.40. The molecule has 0 saturated heterocycles. The van der Waals surface area contributed by atoms with E-state index < -0.39 is 6.23 Å². The predicted molar refractivity (Wildman–Crippen MR) is 71.2 cm³/mol. The molecule has 0 fully saturated rings. The molecule has 0 bridgehead atoms. The van der Waals surface area contributed by atoms with Crippen molar-refractivity contribution in [2.24, 2.45) is 0 Å². The first kappa shape index (κ1) is 11.9. The quantitative estimate of drug-likeness (QED) is 0.927. The van der Waals surface area contributed by atoms with Gasteiger partial charge in [0.1, 0.15) is 17.9 Å². The van der Waals surface area contributed by atoms with E-state index in [9.17, 15) is 5.11 Å². The number of fused-ring (bicyclic) bond motifs is 1. The number of benzene rings is 1. The molecule has 1 aromatic carbocycles. The summed E-state index contributed by atoms with van der Waals surface area (Å²) in [5.41, 5.74) is 1.16. The maximum absolute atomic E-state index is 10.0. The summed E-state index contributed by atoms with van der Waals surface area (Å²) in [5.74, 6) is 1.74. The van der Waals surface area contributed by atoms with Gasteiger partial charge in [-0.1, -0.05) is 34.1 Å². The maximum atomic E-state index is 10.0. The van der Waals surface area contributed by atoms with Crippen molar-refractivity contribution >= 4 is 15.9 Å². The van der Waals surface area contributed by atoms with Crippen LogP contribution in [0, 0.1) is 0 Å². The minimum Gasteiger partial charge on any atom is -0.373 e. The van der Waals surface area contributed by atoms with Gasteiger partial charge in [-0.3, -0.25) is 4.57 Å². The first-order valence-electron chi connectivity index (χ1n) is 6.10.